The number of hydrogen-bond donors (Lipinski definition) is 1. The quantitative estimate of drug-likeness (QED) is 0.874. The molecule has 5 nitrogen and oxygen atoms in total. The molecule has 0 atom stereocenters. The van der Waals surface area contributed by atoms with Crippen LogP contribution in [0.4, 0.5) is 5.82 Å². The van der Waals surface area contributed by atoms with Crippen LogP contribution in [0.2, 0.25) is 0 Å². The van der Waals surface area contributed by atoms with Crippen LogP contribution in [0.5, 0.6) is 11.5 Å². The molecule has 0 saturated carbocycles. The molecule has 1 aromatic heterocycles. The van der Waals surface area contributed by atoms with Crippen LogP contribution in [-0.2, 0) is 0 Å². The lowest BCUT2D eigenvalue weighted by atomic mass is 10.2. The average molecular weight is 322 g/mol. The molecule has 2 N–H and O–H groups in total. The number of fused-ring (bicyclic) bond motifs is 1. The molecule has 0 radical (unpaired) electrons. The van der Waals surface area contributed by atoms with E-state index in [-0.39, 0.29) is 0 Å². The van der Waals surface area contributed by atoms with Crippen LogP contribution < -0.4 is 15.2 Å². The van der Waals surface area contributed by atoms with Gasteiger partial charge in [-0.05, 0) is 34.1 Å². The molecule has 3 rings (SSSR count). The Morgan fingerprint density at radius 2 is 2.05 bits per heavy atom. The number of ether oxygens (including phenoxy) is 2. The molecule has 0 amide bonds. The Morgan fingerprint density at radius 1 is 1.21 bits per heavy atom. The van der Waals surface area contributed by atoms with Crippen LogP contribution in [0.25, 0.3) is 11.4 Å². The van der Waals surface area contributed by atoms with Crippen molar-refractivity contribution < 1.29 is 9.47 Å². The standard InChI is InChI=1S/C13H12BrN3O2/c14-9-6-8(13-16-3-2-11(15)17-13)7-10-12(9)19-5-1-4-18-10/h2-3,6-7H,1,4-5H2,(H2,15,16,17). The molecule has 98 valence electrons. The van der Waals surface area contributed by atoms with Crippen molar-refractivity contribution in [3.05, 3.63) is 28.9 Å². The van der Waals surface area contributed by atoms with E-state index in [1.165, 1.54) is 0 Å². The minimum atomic E-state index is 0.438. The van der Waals surface area contributed by atoms with Crippen LogP contribution in [0.15, 0.2) is 28.9 Å². The molecule has 0 bridgehead atoms. The second-order valence-corrected chi connectivity index (χ2v) is 5.00. The van der Waals surface area contributed by atoms with E-state index in [0.29, 0.717) is 30.6 Å². The number of benzene rings is 1. The fourth-order valence-electron chi connectivity index (χ4n) is 1.87. The van der Waals surface area contributed by atoms with E-state index < -0.39 is 0 Å². The van der Waals surface area contributed by atoms with Gasteiger partial charge in [0.05, 0.1) is 17.7 Å². The molecular weight excluding hydrogens is 310 g/mol. The third kappa shape index (κ3) is 2.49. The number of halogens is 1. The highest BCUT2D eigenvalue weighted by molar-refractivity contribution is 9.10. The van der Waals surface area contributed by atoms with Crippen LogP contribution >= 0.6 is 15.9 Å². The zero-order valence-electron chi connectivity index (χ0n) is 10.1. The summed E-state index contributed by atoms with van der Waals surface area (Å²) in [6.45, 7) is 1.29. The maximum atomic E-state index is 5.68. The van der Waals surface area contributed by atoms with E-state index in [1.807, 2.05) is 12.1 Å². The summed E-state index contributed by atoms with van der Waals surface area (Å²) in [5, 5.41) is 0. The summed E-state index contributed by atoms with van der Waals surface area (Å²) < 4.78 is 12.2. The minimum absolute atomic E-state index is 0.438. The van der Waals surface area contributed by atoms with Crippen molar-refractivity contribution in [1.82, 2.24) is 9.97 Å². The smallest absolute Gasteiger partial charge is 0.175 e. The first-order valence-electron chi connectivity index (χ1n) is 5.92. The first-order valence-corrected chi connectivity index (χ1v) is 6.71. The predicted molar refractivity (Wildman–Crippen MR) is 75.2 cm³/mol. The van der Waals surface area contributed by atoms with Crippen LogP contribution in [-0.4, -0.2) is 23.2 Å². The molecule has 1 aliphatic rings. The number of nitrogen functional groups attached to an aromatic ring is 1. The normalized spacial score (nSPS) is 13.9. The van der Waals surface area contributed by atoms with Gasteiger partial charge in [0.2, 0.25) is 0 Å². The maximum Gasteiger partial charge on any atom is 0.175 e. The van der Waals surface area contributed by atoms with Crippen molar-refractivity contribution in [2.24, 2.45) is 0 Å². The topological polar surface area (TPSA) is 70.3 Å². The van der Waals surface area contributed by atoms with Crippen LogP contribution in [0, 0.1) is 0 Å². The summed E-state index contributed by atoms with van der Waals surface area (Å²) in [5.41, 5.74) is 6.51. The third-order valence-electron chi connectivity index (χ3n) is 2.74. The Kier molecular flexibility index (Phi) is 3.25. The molecule has 2 aromatic rings. The fourth-order valence-corrected chi connectivity index (χ4v) is 2.43. The van der Waals surface area contributed by atoms with Crippen LogP contribution in [0.1, 0.15) is 6.42 Å². The van der Waals surface area contributed by atoms with Gasteiger partial charge in [-0.25, -0.2) is 9.97 Å². The van der Waals surface area contributed by atoms with E-state index in [0.717, 1.165) is 22.2 Å². The van der Waals surface area contributed by atoms with Gasteiger partial charge < -0.3 is 15.2 Å². The van der Waals surface area contributed by atoms with Crippen molar-refractivity contribution in [2.75, 3.05) is 18.9 Å². The van der Waals surface area contributed by atoms with Gasteiger partial charge in [0.25, 0.3) is 0 Å². The number of aromatic nitrogens is 2. The number of nitrogens with zero attached hydrogens (tertiary/aromatic N) is 2. The summed E-state index contributed by atoms with van der Waals surface area (Å²) in [7, 11) is 0. The highest BCUT2D eigenvalue weighted by atomic mass is 79.9. The van der Waals surface area contributed by atoms with E-state index in [2.05, 4.69) is 25.9 Å². The molecule has 1 aliphatic heterocycles. The lowest BCUT2D eigenvalue weighted by Gasteiger charge is -2.11. The maximum absolute atomic E-state index is 5.68. The van der Waals surface area contributed by atoms with E-state index >= 15 is 0 Å². The van der Waals surface area contributed by atoms with Gasteiger partial charge in [0.15, 0.2) is 17.3 Å². The van der Waals surface area contributed by atoms with Crippen molar-refractivity contribution in [2.45, 2.75) is 6.42 Å². The first kappa shape index (κ1) is 12.2. The van der Waals surface area contributed by atoms with Gasteiger partial charge >= 0.3 is 0 Å². The van der Waals surface area contributed by atoms with Crippen LogP contribution in [0.3, 0.4) is 0 Å². The summed E-state index contributed by atoms with van der Waals surface area (Å²) >= 11 is 3.49. The van der Waals surface area contributed by atoms with Crippen molar-refractivity contribution in [3.63, 3.8) is 0 Å². The third-order valence-corrected chi connectivity index (χ3v) is 3.33. The van der Waals surface area contributed by atoms with Crippen molar-refractivity contribution in [3.8, 4) is 22.9 Å². The van der Waals surface area contributed by atoms with Gasteiger partial charge in [0, 0.05) is 18.2 Å². The number of anilines is 1. The second-order valence-electron chi connectivity index (χ2n) is 4.14. The van der Waals surface area contributed by atoms with E-state index in [9.17, 15) is 0 Å². The molecule has 1 aromatic carbocycles. The molecule has 6 heteroatoms. The largest absolute Gasteiger partial charge is 0.489 e. The summed E-state index contributed by atoms with van der Waals surface area (Å²) in [6, 6.07) is 5.43. The van der Waals surface area contributed by atoms with Crippen molar-refractivity contribution >= 4 is 21.7 Å². The highest BCUT2D eigenvalue weighted by Crippen LogP contribution is 2.40. The molecule has 0 fully saturated rings. The number of nitrogens with two attached hydrogens (primary N) is 1. The molecule has 0 unspecified atom stereocenters. The highest BCUT2D eigenvalue weighted by Gasteiger charge is 2.16. The summed E-state index contributed by atoms with van der Waals surface area (Å²) in [4.78, 5) is 8.42. The van der Waals surface area contributed by atoms with E-state index in [4.69, 9.17) is 15.2 Å². The zero-order chi connectivity index (χ0) is 13.2. The van der Waals surface area contributed by atoms with Gasteiger partial charge in [-0.2, -0.15) is 0 Å². The van der Waals surface area contributed by atoms with Crippen molar-refractivity contribution in [1.29, 1.82) is 0 Å². The molecule has 0 aliphatic carbocycles. The average Bonchev–Trinajstić information content (AvgIpc) is 2.64. The van der Waals surface area contributed by atoms with E-state index in [1.54, 1.807) is 12.3 Å². The SMILES string of the molecule is Nc1ccnc(-c2cc(Br)c3c(c2)OCCCO3)n1. The fraction of sp³-hybridized carbons (Fsp3) is 0.231. The Hall–Kier alpha value is -1.82. The number of rotatable bonds is 1. The number of hydrogen-bond acceptors (Lipinski definition) is 5. The molecule has 2 heterocycles. The monoisotopic (exact) mass is 321 g/mol. The summed E-state index contributed by atoms with van der Waals surface area (Å²) in [6.07, 6.45) is 2.50. The molecule has 0 saturated heterocycles. The van der Waals surface area contributed by atoms with Gasteiger partial charge in [0.1, 0.15) is 5.82 Å². The molecule has 19 heavy (non-hydrogen) atoms. The van der Waals surface area contributed by atoms with Gasteiger partial charge in [-0.1, -0.05) is 0 Å². The second kappa shape index (κ2) is 5.05. The minimum Gasteiger partial charge on any atom is -0.489 e. The Morgan fingerprint density at radius 3 is 2.89 bits per heavy atom. The lowest BCUT2D eigenvalue weighted by molar-refractivity contribution is 0.296. The Bertz CT molecular complexity index is 619. The molecular formula is C13H12BrN3O2. The Labute approximate surface area is 118 Å². The summed E-state index contributed by atoms with van der Waals surface area (Å²) in [5.74, 6) is 2.43. The van der Waals surface area contributed by atoms with Gasteiger partial charge in [-0.15, -0.1) is 0 Å². The zero-order valence-corrected chi connectivity index (χ0v) is 11.7. The molecule has 0 spiro atoms. The Balaban J connectivity index is 2.09. The van der Waals surface area contributed by atoms with Gasteiger partial charge in [-0.3, -0.25) is 0 Å². The first-order chi connectivity index (χ1) is 9.24. The lowest BCUT2D eigenvalue weighted by Crippen LogP contribution is -1.97. The predicted octanol–water partition coefficient (Wildman–Crippen LogP) is 2.65.